The molecule has 2 aromatic heterocycles. The summed E-state index contributed by atoms with van der Waals surface area (Å²) >= 11 is 0. The fourth-order valence-electron chi connectivity index (χ4n) is 13.0. The molecule has 1 N–H and O–H groups in total. The Labute approximate surface area is 487 Å². The van der Waals surface area contributed by atoms with E-state index in [1.54, 1.807) is 12.1 Å². The minimum atomic E-state index is -0.965. The number of hydrogen-bond acceptors (Lipinski definition) is 11. The summed E-state index contributed by atoms with van der Waals surface area (Å²) in [6.07, 6.45) is 20.1. The van der Waals surface area contributed by atoms with Crippen molar-refractivity contribution in [1.82, 2.24) is 19.8 Å². The van der Waals surface area contributed by atoms with E-state index in [-0.39, 0.29) is 59.8 Å². The van der Waals surface area contributed by atoms with Crippen molar-refractivity contribution in [2.24, 2.45) is 0 Å². The molecule has 0 spiro atoms. The first-order valence-electron chi connectivity index (χ1n) is 30.3. The van der Waals surface area contributed by atoms with Crippen LogP contribution in [0.4, 0.5) is 8.78 Å². The molecule has 12 nitrogen and oxygen atoms in total. The van der Waals surface area contributed by atoms with E-state index in [1.807, 2.05) is 39.5 Å². The highest BCUT2D eigenvalue weighted by Gasteiger charge is 2.42. The van der Waals surface area contributed by atoms with Crippen LogP contribution in [0.5, 0.6) is 0 Å². The van der Waals surface area contributed by atoms with Crippen LogP contribution in [0.15, 0.2) is 60.7 Å². The number of pyridine rings is 2. The zero-order valence-corrected chi connectivity index (χ0v) is 50.2. The van der Waals surface area contributed by atoms with Gasteiger partial charge in [-0.15, -0.1) is 12.4 Å². The van der Waals surface area contributed by atoms with Crippen molar-refractivity contribution in [2.75, 3.05) is 39.4 Å². The minimum Gasteiger partial charge on any atom is -0.480 e. The molecule has 10 rings (SSSR count). The van der Waals surface area contributed by atoms with Crippen LogP contribution >= 0.6 is 12.4 Å². The number of unbranched alkanes of at least 4 members (excludes halogenated alkanes) is 2. The minimum absolute atomic E-state index is 0. The molecule has 0 amide bonds. The monoisotopic (exact) mass is 1140 g/mol. The van der Waals surface area contributed by atoms with E-state index in [0.717, 1.165) is 114 Å². The molecule has 4 aliphatic heterocycles. The van der Waals surface area contributed by atoms with E-state index >= 15 is 0 Å². The maximum absolute atomic E-state index is 14.7. The predicted molar refractivity (Wildman–Crippen MR) is 313 cm³/mol. The van der Waals surface area contributed by atoms with Gasteiger partial charge in [-0.1, -0.05) is 24.3 Å². The first-order valence-corrected chi connectivity index (χ1v) is 30.3. The van der Waals surface area contributed by atoms with Gasteiger partial charge in [0, 0.05) is 62.2 Å². The summed E-state index contributed by atoms with van der Waals surface area (Å²) in [5.41, 5.74) is 9.40. The van der Waals surface area contributed by atoms with Gasteiger partial charge in [-0.05, 0) is 247 Å². The second-order valence-corrected chi connectivity index (χ2v) is 25.7. The Morgan fingerprint density at radius 2 is 1.09 bits per heavy atom. The maximum Gasteiger partial charge on any atom is 0.328 e. The van der Waals surface area contributed by atoms with Crippen molar-refractivity contribution in [3.05, 3.63) is 128 Å². The number of aryl methyl sites for hydroxylation is 6. The smallest absolute Gasteiger partial charge is 0.328 e. The number of ether oxygens (including phenoxy) is 5. The lowest BCUT2D eigenvalue weighted by Crippen LogP contribution is -2.38. The Kier molecular flexibility index (Phi) is 21.6. The molecule has 6 atom stereocenters. The molecule has 6 aliphatic rings. The number of halogens is 3. The number of esters is 1. The topological polar surface area (TPSA) is 133 Å². The Hall–Kier alpha value is -4.41. The van der Waals surface area contributed by atoms with Crippen LogP contribution < -0.4 is 0 Å². The largest absolute Gasteiger partial charge is 0.480 e. The van der Waals surface area contributed by atoms with Gasteiger partial charge in [0.05, 0.1) is 35.6 Å². The van der Waals surface area contributed by atoms with Crippen molar-refractivity contribution in [3.63, 3.8) is 0 Å². The average molecular weight is 1140 g/mol. The highest BCUT2D eigenvalue weighted by atomic mass is 35.5. The van der Waals surface area contributed by atoms with Crippen LogP contribution in [0.2, 0.25) is 0 Å². The number of nitrogens with zero attached hydrogens (tertiary/aromatic N) is 4. The lowest BCUT2D eigenvalue weighted by molar-refractivity contribution is -0.161. The molecule has 2 aromatic carbocycles. The Morgan fingerprint density at radius 3 is 1.52 bits per heavy atom. The van der Waals surface area contributed by atoms with Gasteiger partial charge in [0.1, 0.15) is 29.3 Å². The van der Waals surface area contributed by atoms with Crippen LogP contribution in [0.25, 0.3) is 0 Å². The van der Waals surface area contributed by atoms with Crippen LogP contribution in [-0.4, -0.2) is 105 Å². The molecule has 4 fully saturated rings. The van der Waals surface area contributed by atoms with Gasteiger partial charge in [-0.3, -0.25) is 24.6 Å². The van der Waals surface area contributed by atoms with Crippen LogP contribution in [0.1, 0.15) is 219 Å². The Morgan fingerprint density at radius 1 is 0.642 bits per heavy atom. The summed E-state index contributed by atoms with van der Waals surface area (Å²) in [7, 11) is 0. The summed E-state index contributed by atoms with van der Waals surface area (Å²) in [5, 5.41) is 10.2. The maximum atomic E-state index is 14.7. The number of likely N-dealkylation sites (tertiary alicyclic amines) is 2. The summed E-state index contributed by atoms with van der Waals surface area (Å²) in [6.45, 7) is 17.6. The van der Waals surface area contributed by atoms with Crippen LogP contribution in [-0.2, 0) is 71.8 Å². The van der Waals surface area contributed by atoms with Gasteiger partial charge in [0.2, 0.25) is 0 Å². The van der Waals surface area contributed by atoms with Crippen LogP contribution in [0.3, 0.4) is 0 Å². The third-order valence-electron chi connectivity index (χ3n) is 17.1. The summed E-state index contributed by atoms with van der Waals surface area (Å²) < 4.78 is 59.9. The fourth-order valence-corrected chi connectivity index (χ4v) is 13.0. The molecule has 0 saturated carbocycles. The fraction of sp³-hybridized carbons (Fsp3) is 0.636. The van der Waals surface area contributed by atoms with E-state index in [4.69, 9.17) is 33.7 Å². The van der Waals surface area contributed by atoms with Crippen molar-refractivity contribution in [1.29, 1.82) is 0 Å². The zero-order chi connectivity index (χ0) is 56.6. The van der Waals surface area contributed by atoms with E-state index in [0.29, 0.717) is 50.5 Å². The van der Waals surface area contributed by atoms with Crippen LogP contribution in [0, 0.1) is 11.6 Å². The van der Waals surface area contributed by atoms with Gasteiger partial charge in [0.15, 0.2) is 0 Å². The quantitative estimate of drug-likeness (QED) is 0.0667. The second-order valence-electron chi connectivity index (χ2n) is 25.7. The molecular formula is C66H91ClF2N4O8. The van der Waals surface area contributed by atoms with Gasteiger partial charge >= 0.3 is 11.9 Å². The SMILES string of the molecule is CC(C)(C)OC(=O)C(c1cc(F)ccc1C1CCC(C)(C)O1)N1CC[C@@H](OCCCCc2ccc3c(n2)CCCC3)C1.CC1(C)CCC(c2ccc(F)cc2C(C(=O)O)N2CC[C@@H](OCCCCc3ccc4c(n3)CCCC4)C2)O1.Cl. The molecule has 6 heterocycles. The van der Waals surface area contributed by atoms with E-state index in [2.05, 4.69) is 43.0 Å². The first kappa shape index (κ1) is 62.6. The lowest BCUT2D eigenvalue weighted by atomic mass is 9.93. The molecule has 444 valence electrons. The second kappa shape index (κ2) is 28.0. The highest BCUT2D eigenvalue weighted by molar-refractivity contribution is 5.85. The van der Waals surface area contributed by atoms with E-state index < -0.39 is 29.5 Å². The van der Waals surface area contributed by atoms with Gasteiger partial charge in [-0.25, -0.2) is 13.6 Å². The Bertz CT molecular complexity index is 2750. The zero-order valence-electron chi connectivity index (χ0n) is 49.4. The van der Waals surface area contributed by atoms with Crippen molar-refractivity contribution in [3.8, 4) is 0 Å². The van der Waals surface area contributed by atoms with Gasteiger partial charge < -0.3 is 28.8 Å². The van der Waals surface area contributed by atoms with E-state index in [9.17, 15) is 23.5 Å². The first-order chi connectivity index (χ1) is 38.3. The number of aliphatic carboxylic acids is 1. The number of aromatic nitrogens is 2. The summed E-state index contributed by atoms with van der Waals surface area (Å²) in [5.74, 6) is -2.11. The normalized spacial score (nSPS) is 23.2. The predicted octanol–water partition coefficient (Wildman–Crippen LogP) is 13.6. The lowest BCUT2D eigenvalue weighted by Gasteiger charge is -2.32. The number of hydrogen-bond donors (Lipinski definition) is 1. The number of carboxylic acids is 1. The van der Waals surface area contributed by atoms with Crippen molar-refractivity contribution >= 4 is 24.3 Å². The summed E-state index contributed by atoms with van der Waals surface area (Å²) in [4.78, 5) is 40.0. The third kappa shape index (κ3) is 17.1. The number of carboxylic acid groups (broad SMARTS) is 1. The molecular weight excluding hydrogens is 1050 g/mol. The molecule has 4 aromatic rings. The molecule has 0 bridgehead atoms. The molecule has 0 radical (unpaired) electrons. The van der Waals surface area contributed by atoms with Crippen molar-refractivity contribution < 1.29 is 47.2 Å². The number of carbonyl (C=O) groups is 2. The Balaban J connectivity index is 0.000000211. The highest BCUT2D eigenvalue weighted by Crippen LogP contribution is 2.45. The summed E-state index contributed by atoms with van der Waals surface area (Å²) in [6, 6.07) is 16.5. The standard InChI is InChI=1S/C35H49FN2O4.C31H41FN2O4.ClH/c1-34(2,3)42-33(39)32(29-22-25(36)14-16-28(29)31-17-19-35(4,5)41-31)38-20-18-27(23-38)40-21-9-8-11-26-15-13-24-10-6-7-12-30(24)37-26;1-31(2)16-14-28(38-31)25-13-11-22(32)19-26(25)29(30(35)36)34-17-15-24(20-34)37-18-6-5-8-23-12-10-21-7-3-4-9-27(21)33-23;/h13-16,22,27,31-32H,6-12,17-21,23H2,1-5H3;10-13,19,24,28-29H,3-9,14-18,20H2,1-2H3,(H,35,36);1H/t27-,31?,32?;24-,28?,29?;/m11./s1. The number of fused-ring (bicyclic) bond motifs is 2. The van der Waals surface area contributed by atoms with E-state index in [1.165, 1.54) is 83.9 Å². The molecule has 4 saturated heterocycles. The number of benzene rings is 2. The van der Waals surface area contributed by atoms with Crippen molar-refractivity contribution in [2.45, 2.75) is 230 Å². The molecule has 81 heavy (non-hydrogen) atoms. The van der Waals surface area contributed by atoms with Gasteiger partial charge in [-0.2, -0.15) is 0 Å². The molecule has 4 unspecified atom stereocenters. The number of rotatable bonds is 20. The number of carbonyl (C=O) groups excluding carboxylic acids is 1. The van der Waals surface area contributed by atoms with Gasteiger partial charge in [0.25, 0.3) is 0 Å². The molecule has 15 heteroatoms. The average Bonchev–Trinajstić information content (AvgIpc) is 4.24. The third-order valence-corrected chi connectivity index (χ3v) is 17.1. The molecule has 2 aliphatic carbocycles.